The molecule has 112 valence electrons. The molecule has 1 aliphatic heterocycles. The van der Waals surface area contributed by atoms with E-state index in [2.05, 4.69) is 11.9 Å². The van der Waals surface area contributed by atoms with E-state index in [0.29, 0.717) is 23.2 Å². The fourth-order valence-electron chi connectivity index (χ4n) is 2.69. The number of aromatic nitrogens is 1. The molecule has 1 aromatic carbocycles. The fourth-order valence-corrected chi connectivity index (χ4v) is 2.69. The Morgan fingerprint density at radius 3 is 2.62 bits per heavy atom. The maximum atomic E-state index is 12.5. The van der Waals surface area contributed by atoms with Crippen molar-refractivity contribution in [3.05, 3.63) is 34.3 Å². The van der Waals surface area contributed by atoms with Crippen LogP contribution in [0.1, 0.15) is 17.3 Å². The topological polar surface area (TPSA) is 58.7 Å². The van der Waals surface area contributed by atoms with Gasteiger partial charge in [0.05, 0.1) is 5.52 Å². The Morgan fingerprint density at radius 1 is 1.24 bits per heavy atom. The Kier molecular flexibility index (Phi) is 3.55. The molecule has 0 aliphatic carbocycles. The lowest BCUT2D eigenvalue weighted by molar-refractivity contribution is 0.0664. The number of hydrogen-bond acceptors (Lipinski definition) is 4. The summed E-state index contributed by atoms with van der Waals surface area (Å²) in [7, 11) is 2.05. The van der Waals surface area contributed by atoms with Gasteiger partial charge in [-0.1, -0.05) is 0 Å². The number of aryl methyl sites for hydroxylation is 1. The number of carbonyl (C=O) groups is 1. The zero-order chi connectivity index (χ0) is 15.0. The number of carbonyl (C=O) groups excluding carboxylic acids is 1. The van der Waals surface area contributed by atoms with Gasteiger partial charge in [-0.05, 0) is 32.2 Å². The van der Waals surface area contributed by atoms with Crippen molar-refractivity contribution in [1.82, 2.24) is 14.4 Å². The molecule has 1 amide bonds. The summed E-state index contributed by atoms with van der Waals surface area (Å²) >= 11 is 0. The number of nitrogens with zero attached hydrogens (tertiary/aromatic N) is 3. The van der Waals surface area contributed by atoms with Gasteiger partial charge in [0.25, 0.3) is 5.91 Å². The van der Waals surface area contributed by atoms with Crippen molar-refractivity contribution in [3.63, 3.8) is 0 Å². The second kappa shape index (κ2) is 5.37. The normalized spacial score (nSPS) is 16.6. The molecular weight excluding hydrogens is 270 g/mol. The molecule has 1 saturated heterocycles. The SMILES string of the molecule is CCn1c(=O)oc2ccc(C(=O)N3CCN(C)CC3)cc21. The van der Waals surface area contributed by atoms with Crippen LogP contribution in [0.4, 0.5) is 0 Å². The van der Waals surface area contributed by atoms with Crippen LogP contribution in [-0.2, 0) is 6.54 Å². The van der Waals surface area contributed by atoms with Crippen molar-refractivity contribution < 1.29 is 9.21 Å². The number of rotatable bonds is 2. The quantitative estimate of drug-likeness (QED) is 0.827. The van der Waals surface area contributed by atoms with E-state index in [0.717, 1.165) is 26.2 Å². The van der Waals surface area contributed by atoms with Crippen molar-refractivity contribution in [2.45, 2.75) is 13.5 Å². The summed E-state index contributed by atoms with van der Waals surface area (Å²) in [5, 5.41) is 0. The van der Waals surface area contributed by atoms with Crippen LogP contribution >= 0.6 is 0 Å². The molecule has 1 aliphatic rings. The summed E-state index contributed by atoms with van der Waals surface area (Å²) in [5.74, 6) is -0.363. The maximum Gasteiger partial charge on any atom is 0.419 e. The van der Waals surface area contributed by atoms with Crippen LogP contribution in [0.5, 0.6) is 0 Å². The van der Waals surface area contributed by atoms with E-state index in [1.807, 2.05) is 11.8 Å². The fraction of sp³-hybridized carbons (Fsp3) is 0.467. The molecule has 0 spiro atoms. The predicted molar refractivity (Wildman–Crippen MR) is 79.5 cm³/mol. The van der Waals surface area contributed by atoms with Crippen LogP contribution < -0.4 is 5.76 Å². The average molecular weight is 289 g/mol. The summed E-state index contributed by atoms with van der Waals surface area (Å²) in [5.41, 5.74) is 1.81. The maximum absolute atomic E-state index is 12.5. The van der Waals surface area contributed by atoms with Crippen LogP contribution in [0.25, 0.3) is 11.1 Å². The molecule has 2 aromatic rings. The van der Waals surface area contributed by atoms with E-state index in [1.54, 1.807) is 18.2 Å². The number of oxazole rings is 1. The Morgan fingerprint density at radius 2 is 1.95 bits per heavy atom. The molecule has 2 heterocycles. The largest absolute Gasteiger partial charge is 0.419 e. The van der Waals surface area contributed by atoms with Crippen molar-refractivity contribution in [2.24, 2.45) is 0 Å². The first-order valence-electron chi connectivity index (χ1n) is 7.21. The lowest BCUT2D eigenvalue weighted by Crippen LogP contribution is -2.47. The Labute approximate surface area is 122 Å². The van der Waals surface area contributed by atoms with Crippen LogP contribution in [-0.4, -0.2) is 53.5 Å². The van der Waals surface area contributed by atoms with Crippen molar-refractivity contribution in [1.29, 1.82) is 0 Å². The molecule has 0 N–H and O–H groups in total. The summed E-state index contributed by atoms with van der Waals surface area (Å²) in [4.78, 5) is 28.3. The highest BCUT2D eigenvalue weighted by atomic mass is 16.4. The monoisotopic (exact) mass is 289 g/mol. The van der Waals surface area contributed by atoms with Gasteiger partial charge in [-0.15, -0.1) is 0 Å². The van der Waals surface area contributed by atoms with Gasteiger partial charge in [0, 0.05) is 38.3 Å². The zero-order valence-corrected chi connectivity index (χ0v) is 12.3. The molecule has 1 aromatic heterocycles. The molecular formula is C15H19N3O3. The van der Waals surface area contributed by atoms with Gasteiger partial charge < -0.3 is 14.2 Å². The molecule has 21 heavy (non-hydrogen) atoms. The summed E-state index contributed by atoms with van der Waals surface area (Å²) in [6.45, 7) is 5.65. The molecule has 6 heteroatoms. The number of likely N-dealkylation sites (N-methyl/N-ethyl adjacent to an activating group) is 1. The van der Waals surface area contributed by atoms with Gasteiger partial charge in [0.2, 0.25) is 0 Å². The van der Waals surface area contributed by atoms with Gasteiger partial charge in [0.1, 0.15) is 0 Å². The minimum atomic E-state index is -0.378. The Balaban J connectivity index is 1.93. The summed E-state index contributed by atoms with van der Waals surface area (Å²) in [6, 6.07) is 5.18. The molecule has 0 radical (unpaired) electrons. The lowest BCUT2D eigenvalue weighted by Gasteiger charge is -2.32. The average Bonchev–Trinajstić information content (AvgIpc) is 2.81. The molecule has 0 bridgehead atoms. The zero-order valence-electron chi connectivity index (χ0n) is 12.3. The van der Waals surface area contributed by atoms with E-state index in [4.69, 9.17) is 4.42 Å². The third kappa shape index (κ3) is 2.47. The molecule has 0 atom stereocenters. The highest BCUT2D eigenvalue weighted by Gasteiger charge is 2.21. The summed E-state index contributed by atoms with van der Waals surface area (Å²) < 4.78 is 6.70. The third-order valence-electron chi connectivity index (χ3n) is 4.02. The second-order valence-electron chi connectivity index (χ2n) is 5.39. The number of benzene rings is 1. The van der Waals surface area contributed by atoms with Gasteiger partial charge >= 0.3 is 5.76 Å². The number of hydrogen-bond donors (Lipinski definition) is 0. The highest BCUT2D eigenvalue weighted by Crippen LogP contribution is 2.17. The first-order chi connectivity index (χ1) is 10.1. The molecule has 1 fully saturated rings. The first kappa shape index (κ1) is 13.9. The standard InChI is InChI=1S/C15H19N3O3/c1-3-18-12-10-11(4-5-13(12)21-15(18)20)14(19)17-8-6-16(2)7-9-17/h4-5,10H,3,6-9H2,1-2H3. The second-order valence-corrected chi connectivity index (χ2v) is 5.39. The van der Waals surface area contributed by atoms with E-state index in [1.165, 1.54) is 4.57 Å². The highest BCUT2D eigenvalue weighted by molar-refractivity contribution is 5.97. The predicted octanol–water partition coefficient (Wildman–Crippen LogP) is 1.00. The van der Waals surface area contributed by atoms with Gasteiger partial charge in [-0.2, -0.15) is 0 Å². The Bertz CT molecular complexity index is 723. The van der Waals surface area contributed by atoms with E-state index in [-0.39, 0.29) is 11.7 Å². The van der Waals surface area contributed by atoms with Gasteiger partial charge in [-0.25, -0.2) is 4.79 Å². The number of amides is 1. The Hall–Kier alpha value is -2.08. The molecule has 0 unspecified atom stereocenters. The van der Waals surface area contributed by atoms with Crippen molar-refractivity contribution in [3.8, 4) is 0 Å². The van der Waals surface area contributed by atoms with Crippen molar-refractivity contribution in [2.75, 3.05) is 33.2 Å². The lowest BCUT2D eigenvalue weighted by atomic mass is 10.1. The smallest absolute Gasteiger partial charge is 0.408 e. The van der Waals surface area contributed by atoms with E-state index >= 15 is 0 Å². The van der Waals surface area contributed by atoms with E-state index < -0.39 is 0 Å². The van der Waals surface area contributed by atoms with Gasteiger partial charge in [-0.3, -0.25) is 9.36 Å². The van der Waals surface area contributed by atoms with Crippen LogP contribution in [0.15, 0.2) is 27.4 Å². The molecule has 3 rings (SSSR count). The van der Waals surface area contributed by atoms with Crippen molar-refractivity contribution >= 4 is 17.0 Å². The van der Waals surface area contributed by atoms with Crippen LogP contribution in [0.2, 0.25) is 0 Å². The number of fused-ring (bicyclic) bond motifs is 1. The first-order valence-corrected chi connectivity index (χ1v) is 7.21. The minimum Gasteiger partial charge on any atom is -0.408 e. The number of piperazine rings is 1. The minimum absolute atomic E-state index is 0.0151. The molecule has 6 nitrogen and oxygen atoms in total. The van der Waals surface area contributed by atoms with E-state index in [9.17, 15) is 9.59 Å². The van der Waals surface area contributed by atoms with Crippen LogP contribution in [0.3, 0.4) is 0 Å². The van der Waals surface area contributed by atoms with Crippen LogP contribution in [0, 0.1) is 0 Å². The third-order valence-corrected chi connectivity index (χ3v) is 4.02. The van der Waals surface area contributed by atoms with Gasteiger partial charge in [0.15, 0.2) is 5.58 Å². The summed E-state index contributed by atoms with van der Waals surface area (Å²) in [6.07, 6.45) is 0. The molecule has 0 saturated carbocycles.